The monoisotopic (exact) mass is 287 g/mol. The number of rotatable bonds is 6. The van der Waals surface area contributed by atoms with Gasteiger partial charge in [-0.2, -0.15) is 0 Å². The molecule has 3 rings (SSSR count). The minimum Gasteiger partial charge on any atom is -0.323 e. The van der Waals surface area contributed by atoms with Crippen molar-refractivity contribution < 1.29 is 0 Å². The van der Waals surface area contributed by atoms with Crippen molar-refractivity contribution in [3.05, 3.63) is 35.4 Å². The zero-order valence-corrected chi connectivity index (χ0v) is 13.3. The Kier molecular flexibility index (Phi) is 4.94. The van der Waals surface area contributed by atoms with E-state index in [4.69, 9.17) is 5.73 Å². The summed E-state index contributed by atoms with van der Waals surface area (Å²) in [6, 6.07) is 9.97. The predicted octanol–water partition coefficient (Wildman–Crippen LogP) is 2.42. The Labute approximate surface area is 129 Å². The fraction of sp³-hybridized carbons (Fsp3) is 0.667. The molecule has 1 aromatic carbocycles. The maximum atomic E-state index is 6.40. The smallest absolute Gasteiger partial charge is 0.0424 e. The van der Waals surface area contributed by atoms with Crippen molar-refractivity contribution in [2.75, 3.05) is 32.7 Å². The maximum Gasteiger partial charge on any atom is 0.0424 e. The minimum absolute atomic E-state index is 0.146. The van der Waals surface area contributed by atoms with Crippen LogP contribution in [0.25, 0.3) is 0 Å². The summed E-state index contributed by atoms with van der Waals surface area (Å²) in [5, 5.41) is 0. The van der Waals surface area contributed by atoms with Crippen molar-refractivity contribution in [2.24, 2.45) is 5.73 Å². The van der Waals surface area contributed by atoms with Gasteiger partial charge < -0.3 is 5.73 Å². The first-order valence-corrected chi connectivity index (χ1v) is 8.57. The Morgan fingerprint density at radius 3 is 2.33 bits per heavy atom. The lowest BCUT2D eigenvalue weighted by atomic mass is 10.0. The second kappa shape index (κ2) is 6.91. The minimum atomic E-state index is 0.146. The van der Waals surface area contributed by atoms with Crippen LogP contribution in [0.3, 0.4) is 0 Å². The quantitative estimate of drug-likeness (QED) is 0.872. The summed E-state index contributed by atoms with van der Waals surface area (Å²) in [7, 11) is 0. The van der Waals surface area contributed by atoms with Gasteiger partial charge in [-0.05, 0) is 30.4 Å². The van der Waals surface area contributed by atoms with Crippen LogP contribution in [0, 0.1) is 0 Å². The van der Waals surface area contributed by atoms with Gasteiger partial charge in [-0.15, -0.1) is 0 Å². The number of nitrogens with zero attached hydrogens (tertiary/aromatic N) is 2. The Bertz CT molecular complexity index is 430. The van der Waals surface area contributed by atoms with Crippen LogP contribution in [-0.2, 0) is 6.42 Å². The van der Waals surface area contributed by atoms with Crippen LogP contribution in [0.4, 0.5) is 0 Å². The van der Waals surface area contributed by atoms with Gasteiger partial charge in [0, 0.05) is 44.8 Å². The summed E-state index contributed by atoms with van der Waals surface area (Å²) in [5.41, 5.74) is 9.10. The van der Waals surface area contributed by atoms with E-state index in [-0.39, 0.29) is 6.04 Å². The Morgan fingerprint density at radius 1 is 1.10 bits per heavy atom. The van der Waals surface area contributed by atoms with Crippen LogP contribution in [-0.4, -0.2) is 48.6 Å². The fourth-order valence-electron chi connectivity index (χ4n) is 3.35. The normalized spacial score (nSPS) is 22.4. The van der Waals surface area contributed by atoms with Crippen LogP contribution >= 0.6 is 0 Å². The Hall–Kier alpha value is -0.900. The molecule has 0 amide bonds. The molecule has 1 saturated carbocycles. The van der Waals surface area contributed by atoms with Gasteiger partial charge in [0.2, 0.25) is 0 Å². The molecule has 1 saturated heterocycles. The summed E-state index contributed by atoms with van der Waals surface area (Å²) < 4.78 is 0. The molecule has 0 spiro atoms. The number of nitrogens with two attached hydrogens (primary N) is 1. The first-order chi connectivity index (χ1) is 10.3. The summed E-state index contributed by atoms with van der Waals surface area (Å²) >= 11 is 0. The summed E-state index contributed by atoms with van der Waals surface area (Å²) in [5.74, 6) is 0. The molecule has 1 aromatic rings. The zero-order chi connectivity index (χ0) is 14.7. The molecule has 2 fully saturated rings. The summed E-state index contributed by atoms with van der Waals surface area (Å²) in [6.45, 7) is 8.03. The summed E-state index contributed by atoms with van der Waals surface area (Å²) in [6.07, 6.45) is 5.21. The van der Waals surface area contributed by atoms with Crippen molar-refractivity contribution in [3.63, 3.8) is 0 Å². The second-order valence-corrected chi connectivity index (χ2v) is 6.67. The number of hydrogen-bond acceptors (Lipinski definition) is 3. The van der Waals surface area contributed by atoms with Crippen LogP contribution < -0.4 is 5.73 Å². The molecule has 1 heterocycles. The van der Waals surface area contributed by atoms with Crippen molar-refractivity contribution in [1.82, 2.24) is 9.80 Å². The van der Waals surface area contributed by atoms with E-state index in [1.165, 1.54) is 63.0 Å². The van der Waals surface area contributed by atoms with Gasteiger partial charge in [0.05, 0.1) is 0 Å². The fourth-order valence-corrected chi connectivity index (χ4v) is 3.35. The van der Waals surface area contributed by atoms with Crippen molar-refractivity contribution >= 4 is 0 Å². The molecular weight excluding hydrogens is 258 g/mol. The van der Waals surface area contributed by atoms with Gasteiger partial charge >= 0.3 is 0 Å². The molecule has 0 bridgehead atoms. The van der Waals surface area contributed by atoms with E-state index in [1.54, 1.807) is 0 Å². The van der Waals surface area contributed by atoms with E-state index in [0.29, 0.717) is 0 Å². The number of hydrogen-bond donors (Lipinski definition) is 1. The van der Waals surface area contributed by atoms with E-state index >= 15 is 0 Å². The van der Waals surface area contributed by atoms with Crippen molar-refractivity contribution in [1.29, 1.82) is 0 Å². The van der Waals surface area contributed by atoms with Crippen LogP contribution in [0.5, 0.6) is 0 Å². The van der Waals surface area contributed by atoms with Gasteiger partial charge in [-0.25, -0.2) is 0 Å². The molecule has 2 N–H and O–H groups in total. The van der Waals surface area contributed by atoms with Gasteiger partial charge in [0.1, 0.15) is 0 Å². The standard InChI is InChI=1S/C18H29N3/c1-2-3-15-4-6-16(7-5-15)18(19)14-20-10-12-21(13-11-20)17-8-9-17/h4-7,17-18H,2-3,8-14,19H2,1H3. The van der Waals surface area contributed by atoms with Crippen LogP contribution in [0.15, 0.2) is 24.3 Å². The van der Waals surface area contributed by atoms with E-state index in [0.717, 1.165) is 12.6 Å². The highest BCUT2D eigenvalue weighted by atomic mass is 15.3. The third kappa shape index (κ3) is 4.06. The number of benzene rings is 1. The van der Waals surface area contributed by atoms with Gasteiger partial charge in [0.25, 0.3) is 0 Å². The third-order valence-electron chi connectivity index (χ3n) is 4.87. The molecule has 21 heavy (non-hydrogen) atoms. The Morgan fingerprint density at radius 2 is 1.76 bits per heavy atom. The molecule has 1 atom stereocenters. The molecule has 0 aromatic heterocycles. The lowest BCUT2D eigenvalue weighted by molar-refractivity contribution is 0.121. The lowest BCUT2D eigenvalue weighted by Crippen LogP contribution is -2.48. The molecule has 1 unspecified atom stereocenters. The molecule has 2 aliphatic rings. The van der Waals surface area contributed by atoms with Crippen molar-refractivity contribution in [3.8, 4) is 0 Å². The average molecular weight is 287 g/mol. The first kappa shape index (κ1) is 15.0. The zero-order valence-electron chi connectivity index (χ0n) is 13.3. The Balaban J connectivity index is 1.48. The van der Waals surface area contributed by atoms with E-state index in [1.807, 2.05) is 0 Å². The first-order valence-electron chi connectivity index (χ1n) is 8.57. The highest BCUT2D eigenvalue weighted by Crippen LogP contribution is 2.27. The van der Waals surface area contributed by atoms with Crippen LogP contribution in [0.1, 0.15) is 43.4 Å². The number of piperazine rings is 1. The molecule has 3 heteroatoms. The van der Waals surface area contributed by atoms with Gasteiger partial charge in [-0.3, -0.25) is 9.80 Å². The highest BCUT2D eigenvalue weighted by Gasteiger charge is 2.31. The molecule has 3 nitrogen and oxygen atoms in total. The van der Waals surface area contributed by atoms with Gasteiger partial charge in [0.15, 0.2) is 0 Å². The van der Waals surface area contributed by atoms with E-state index in [9.17, 15) is 0 Å². The molecular formula is C18H29N3. The summed E-state index contributed by atoms with van der Waals surface area (Å²) in [4.78, 5) is 5.19. The number of aryl methyl sites for hydroxylation is 1. The molecule has 116 valence electrons. The second-order valence-electron chi connectivity index (χ2n) is 6.67. The van der Waals surface area contributed by atoms with Gasteiger partial charge in [-0.1, -0.05) is 37.6 Å². The lowest BCUT2D eigenvalue weighted by Gasteiger charge is -2.36. The van der Waals surface area contributed by atoms with E-state index < -0.39 is 0 Å². The predicted molar refractivity (Wildman–Crippen MR) is 88.4 cm³/mol. The maximum absolute atomic E-state index is 6.40. The molecule has 1 aliphatic carbocycles. The SMILES string of the molecule is CCCc1ccc(C(N)CN2CCN(C3CC3)CC2)cc1. The highest BCUT2D eigenvalue weighted by molar-refractivity contribution is 5.25. The third-order valence-corrected chi connectivity index (χ3v) is 4.87. The topological polar surface area (TPSA) is 32.5 Å². The largest absolute Gasteiger partial charge is 0.323 e. The molecule has 1 aliphatic heterocycles. The molecule has 0 radical (unpaired) electrons. The van der Waals surface area contributed by atoms with Crippen molar-refractivity contribution in [2.45, 2.75) is 44.7 Å². The average Bonchev–Trinajstić information content (AvgIpc) is 3.34. The van der Waals surface area contributed by atoms with E-state index in [2.05, 4.69) is 41.0 Å². The van der Waals surface area contributed by atoms with Crippen LogP contribution in [0.2, 0.25) is 0 Å².